The molecule has 0 fully saturated rings. The molecule has 2 N–H and O–H groups in total. The molecule has 1 aliphatic carbocycles. The molecule has 30 heavy (non-hydrogen) atoms. The minimum absolute atomic E-state index is 0.000190. The Morgan fingerprint density at radius 2 is 1.63 bits per heavy atom. The molecule has 1 heterocycles. The van der Waals surface area contributed by atoms with Gasteiger partial charge in [-0.1, -0.05) is 48.5 Å². The van der Waals surface area contributed by atoms with E-state index in [2.05, 4.69) is 31.4 Å². The lowest BCUT2D eigenvalue weighted by molar-refractivity contribution is -0.139. The molecule has 7 nitrogen and oxygen atoms in total. The summed E-state index contributed by atoms with van der Waals surface area (Å²) in [5.74, 6) is -1.27. The number of carboxylic acids is 1. The number of carbonyl (C=O) groups excluding carboxylic acids is 1. The van der Waals surface area contributed by atoms with Crippen LogP contribution in [0.1, 0.15) is 22.7 Å². The number of amides is 1. The van der Waals surface area contributed by atoms with Crippen LogP contribution >= 0.6 is 15.9 Å². The second-order valence-electron chi connectivity index (χ2n) is 6.91. The van der Waals surface area contributed by atoms with Crippen molar-refractivity contribution in [2.75, 3.05) is 6.61 Å². The summed E-state index contributed by atoms with van der Waals surface area (Å²) in [4.78, 5) is 23.9. The quantitative estimate of drug-likeness (QED) is 0.571. The monoisotopic (exact) mass is 467 g/mol. The molecular formula is C22H18BrN3O4. The Morgan fingerprint density at radius 3 is 2.20 bits per heavy atom. The van der Waals surface area contributed by atoms with Crippen LogP contribution in [0.15, 0.2) is 65.3 Å². The fourth-order valence-corrected chi connectivity index (χ4v) is 3.86. The summed E-state index contributed by atoms with van der Waals surface area (Å²) in [6.45, 7) is 0.115. The molecule has 0 spiro atoms. The molecule has 8 heteroatoms. The molecule has 152 valence electrons. The zero-order valence-corrected chi connectivity index (χ0v) is 17.4. The van der Waals surface area contributed by atoms with Crippen molar-refractivity contribution in [3.63, 3.8) is 0 Å². The van der Waals surface area contributed by atoms with Crippen LogP contribution in [0.2, 0.25) is 0 Å². The second kappa shape index (κ2) is 8.62. The van der Waals surface area contributed by atoms with Crippen LogP contribution in [0.4, 0.5) is 4.79 Å². The Labute approximate surface area is 181 Å². The molecule has 1 unspecified atom stereocenters. The number of fused-ring (bicyclic) bond motifs is 3. The van der Waals surface area contributed by atoms with E-state index in [4.69, 9.17) is 4.74 Å². The highest BCUT2D eigenvalue weighted by Gasteiger charge is 2.29. The third-order valence-corrected chi connectivity index (χ3v) is 5.46. The van der Waals surface area contributed by atoms with Crippen molar-refractivity contribution in [3.8, 4) is 11.1 Å². The zero-order chi connectivity index (χ0) is 21.1. The van der Waals surface area contributed by atoms with Crippen molar-refractivity contribution in [2.24, 2.45) is 0 Å². The number of hydrogen-bond donors (Lipinski definition) is 2. The first-order valence-corrected chi connectivity index (χ1v) is 10.1. The molecule has 0 aliphatic heterocycles. The minimum atomic E-state index is -1.17. The fraction of sp³-hybridized carbons (Fsp3) is 0.182. The van der Waals surface area contributed by atoms with Gasteiger partial charge in [0.25, 0.3) is 0 Å². The van der Waals surface area contributed by atoms with Gasteiger partial charge in [-0.15, -0.1) is 5.10 Å². The Kier molecular flexibility index (Phi) is 5.76. The van der Waals surface area contributed by atoms with E-state index >= 15 is 0 Å². The summed E-state index contributed by atoms with van der Waals surface area (Å²) in [6, 6.07) is 18.2. The second-order valence-corrected chi connectivity index (χ2v) is 7.72. The molecule has 2 aromatic carbocycles. The maximum Gasteiger partial charge on any atom is 0.407 e. The van der Waals surface area contributed by atoms with Crippen LogP contribution in [0, 0.1) is 0 Å². The van der Waals surface area contributed by atoms with Crippen molar-refractivity contribution in [1.82, 2.24) is 15.5 Å². The van der Waals surface area contributed by atoms with Gasteiger partial charge in [0.05, 0.1) is 5.69 Å². The summed E-state index contributed by atoms with van der Waals surface area (Å²) in [5.41, 5.74) is 4.88. The highest BCUT2D eigenvalue weighted by Crippen LogP contribution is 2.44. The number of aromatic nitrogens is 2. The largest absolute Gasteiger partial charge is 0.480 e. The van der Waals surface area contributed by atoms with Gasteiger partial charge < -0.3 is 15.2 Å². The van der Waals surface area contributed by atoms with Crippen molar-refractivity contribution in [3.05, 3.63) is 82.1 Å². The molecule has 3 aromatic rings. The number of carboxylic acid groups (broad SMARTS) is 1. The third-order valence-electron chi connectivity index (χ3n) is 5.03. The first-order chi connectivity index (χ1) is 14.5. The van der Waals surface area contributed by atoms with E-state index in [9.17, 15) is 14.7 Å². The number of aliphatic carboxylic acids is 1. The smallest absolute Gasteiger partial charge is 0.407 e. The summed E-state index contributed by atoms with van der Waals surface area (Å²) >= 11 is 3.18. The maximum atomic E-state index is 12.3. The van der Waals surface area contributed by atoms with Crippen LogP contribution < -0.4 is 5.32 Å². The molecule has 4 rings (SSSR count). The van der Waals surface area contributed by atoms with Crippen molar-refractivity contribution in [2.45, 2.75) is 18.4 Å². The zero-order valence-electron chi connectivity index (χ0n) is 15.8. The molecule has 1 aliphatic rings. The van der Waals surface area contributed by atoms with E-state index in [0.29, 0.717) is 10.3 Å². The number of benzene rings is 2. The molecule has 0 saturated carbocycles. The van der Waals surface area contributed by atoms with E-state index < -0.39 is 18.1 Å². The number of alkyl carbamates (subject to hydrolysis) is 1. The van der Waals surface area contributed by atoms with Crippen LogP contribution in [0.5, 0.6) is 0 Å². The van der Waals surface area contributed by atoms with Crippen LogP contribution in [0.25, 0.3) is 11.1 Å². The molecule has 1 aromatic heterocycles. The first-order valence-electron chi connectivity index (χ1n) is 9.35. The predicted octanol–water partition coefficient (Wildman–Crippen LogP) is 3.77. The number of carbonyl (C=O) groups is 2. The van der Waals surface area contributed by atoms with Gasteiger partial charge in [-0.25, -0.2) is 9.59 Å². The predicted molar refractivity (Wildman–Crippen MR) is 113 cm³/mol. The van der Waals surface area contributed by atoms with Gasteiger partial charge in [-0.2, -0.15) is 5.10 Å². The standard InChI is InChI=1S/C22H18BrN3O4/c23-20-10-9-13(25-26-20)11-19(21(27)28)24-22(29)30-12-18-16-7-3-1-5-14(16)15-6-2-4-8-17(15)18/h1-10,18-19H,11-12H2,(H,24,29)(H,27,28). The van der Waals surface area contributed by atoms with E-state index in [-0.39, 0.29) is 18.9 Å². The van der Waals surface area contributed by atoms with Crippen molar-refractivity contribution < 1.29 is 19.4 Å². The lowest BCUT2D eigenvalue weighted by Crippen LogP contribution is -2.43. The summed E-state index contributed by atoms with van der Waals surface area (Å²) < 4.78 is 5.96. The van der Waals surface area contributed by atoms with E-state index in [1.807, 2.05) is 48.5 Å². The SMILES string of the molecule is O=C(NC(Cc1ccc(Br)nn1)C(=O)O)OCC1c2ccccc2-c2ccccc21. The highest BCUT2D eigenvalue weighted by molar-refractivity contribution is 9.10. The van der Waals surface area contributed by atoms with Gasteiger partial charge in [0.2, 0.25) is 0 Å². The Balaban J connectivity index is 1.43. The molecule has 1 atom stereocenters. The number of rotatable bonds is 6. The van der Waals surface area contributed by atoms with E-state index in [0.717, 1.165) is 22.3 Å². The van der Waals surface area contributed by atoms with Gasteiger partial charge in [0, 0.05) is 12.3 Å². The number of halogens is 1. The van der Waals surface area contributed by atoms with E-state index in [1.54, 1.807) is 12.1 Å². The van der Waals surface area contributed by atoms with Gasteiger partial charge in [0.15, 0.2) is 0 Å². The van der Waals surface area contributed by atoms with Gasteiger partial charge in [0.1, 0.15) is 17.3 Å². The molecule has 0 saturated heterocycles. The summed E-state index contributed by atoms with van der Waals surface area (Å²) in [6.07, 6.45) is -0.783. The Morgan fingerprint density at radius 1 is 1.00 bits per heavy atom. The van der Waals surface area contributed by atoms with Gasteiger partial charge >= 0.3 is 12.1 Å². The van der Waals surface area contributed by atoms with Crippen LogP contribution in [0.3, 0.4) is 0 Å². The molecule has 1 amide bonds. The normalized spacial score (nSPS) is 13.2. The minimum Gasteiger partial charge on any atom is -0.480 e. The maximum absolute atomic E-state index is 12.3. The average molecular weight is 468 g/mol. The Bertz CT molecular complexity index is 1040. The van der Waals surface area contributed by atoms with Crippen molar-refractivity contribution in [1.29, 1.82) is 0 Å². The fourth-order valence-electron chi connectivity index (χ4n) is 3.64. The first kappa shape index (κ1) is 20.0. The molecular weight excluding hydrogens is 450 g/mol. The third kappa shape index (κ3) is 4.18. The average Bonchev–Trinajstić information content (AvgIpc) is 3.07. The van der Waals surface area contributed by atoms with Crippen LogP contribution in [-0.4, -0.2) is 40.0 Å². The highest BCUT2D eigenvalue weighted by atomic mass is 79.9. The summed E-state index contributed by atoms with van der Waals surface area (Å²) in [5, 5.41) is 19.6. The number of nitrogens with zero attached hydrogens (tertiary/aromatic N) is 2. The lowest BCUT2D eigenvalue weighted by atomic mass is 9.98. The van der Waals surface area contributed by atoms with Crippen molar-refractivity contribution >= 4 is 28.0 Å². The summed E-state index contributed by atoms with van der Waals surface area (Å²) in [7, 11) is 0. The number of ether oxygens (including phenoxy) is 1. The Hall–Kier alpha value is -3.26. The van der Waals surface area contributed by atoms with Gasteiger partial charge in [-0.3, -0.25) is 0 Å². The number of hydrogen-bond acceptors (Lipinski definition) is 5. The topological polar surface area (TPSA) is 101 Å². The number of nitrogens with one attached hydrogen (secondary N) is 1. The van der Waals surface area contributed by atoms with E-state index in [1.165, 1.54) is 0 Å². The van der Waals surface area contributed by atoms with Crippen LogP contribution in [-0.2, 0) is 16.0 Å². The van der Waals surface area contributed by atoms with Gasteiger partial charge in [-0.05, 0) is 50.3 Å². The lowest BCUT2D eigenvalue weighted by Gasteiger charge is -2.17. The molecule has 0 bridgehead atoms. The molecule has 0 radical (unpaired) electrons.